The summed E-state index contributed by atoms with van der Waals surface area (Å²) in [7, 11) is 1.33. The number of pyridine rings is 1. The third kappa shape index (κ3) is 4.41. The molecule has 0 aliphatic carbocycles. The first kappa shape index (κ1) is 15.7. The number of esters is 1. The van der Waals surface area contributed by atoms with Gasteiger partial charge in [0.1, 0.15) is 0 Å². The summed E-state index contributed by atoms with van der Waals surface area (Å²) in [4.78, 5) is 27.5. The fraction of sp³-hybridized carbons (Fsp3) is 0.235. The van der Waals surface area contributed by atoms with Gasteiger partial charge in [-0.15, -0.1) is 0 Å². The summed E-state index contributed by atoms with van der Waals surface area (Å²) < 4.78 is 4.65. The molecule has 2 aromatic rings. The second kappa shape index (κ2) is 7.36. The minimum absolute atomic E-state index is 0.0872. The number of methoxy groups -OCH3 is 1. The second-order valence-electron chi connectivity index (χ2n) is 4.97. The number of ether oxygens (including phenoxy) is 1. The standard InChI is InChI=1S/C17H18N2O3/c1-12-4-3-5-13(8-12)9-16(20)19-11-15-10-14(6-7-18-15)17(21)22-2/h3-8,10H,9,11H2,1-2H3,(H,19,20). The van der Waals surface area contributed by atoms with Gasteiger partial charge in [-0.05, 0) is 24.6 Å². The van der Waals surface area contributed by atoms with E-state index < -0.39 is 5.97 Å². The van der Waals surface area contributed by atoms with Gasteiger partial charge in [-0.1, -0.05) is 29.8 Å². The fourth-order valence-corrected chi connectivity index (χ4v) is 2.08. The van der Waals surface area contributed by atoms with Crippen LogP contribution in [0.2, 0.25) is 0 Å². The van der Waals surface area contributed by atoms with Gasteiger partial charge in [0.15, 0.2) is 0 Å². The van der Waals surface area contributed by atoms with Crippen LogP contribution in [0.3, 0.4) is 0 Å². The lowest BCUT2D eigenvalue weighted by Gasteiger charge is -2.06. The lowest BCUT2D eigenvalue weighted by molar-refractivity contribution is -0.120. The maximum Gasteiger partial charge on any atom is 0.337 e. The summed E-state index contributed by atoms with van der Waals surface area (Å²) in [5.74, 6) is -0.509. The average Bonchev–Trinajstić information content (AvgIpc) is 2.52. The maximum atomic E-state index is 11.9. The molecule has 1 aromatic heterocycles. The van der Waals surface area contributed by atoms with Crippen LogP contribution in [0.5, 0.6) is 0 Å². The topological polar surface area (TPSA) is 68.3 Å². The number of carbonyl (C=O) groups is 2. The Bertz CT molecular complexity index is 683. The molecule has 1 aromatic carbocycles. The number of amides is 1. The minimum atomic E-state index is -0.422. The van der Waals surface area contributed by atoms with E-state index in [-0.39, 0.29) is 12.5 Å². The molecule has 2 rings (SSSR count). The van der Waals surface area contributed by atoms with Crippen LogP contribution >= 0.6 is 0 Å². The molecule has 0 bridgehead atoms. The number of aryl methyl sites for hydroxylation is 1. The van der Waals surface area contributed by atoms with Crippen molar-refractivity contribution in [2.24, 2.45) is 0 Å². The third-order valence-electron chi connectivity index (χ3n) is 3.15. The van der Waals surface area contributed by atoms with Gasteiger partial charge in [0.25, 0.3) is 0 Å². The Morgan fingerprint density at radius 2 is 2.05 bits per heavy atom. The van der Waals surface area contributed by atoms with Gasteiger partial charge in [0, 0.05) is 6.20 Å². The first-order chi connectivity index (χ1) is 10.6. The van der Waals surface area contributed by atoms with Crippen molar-refractivity contribution in [2.45, 2.75) is 19.9 Å². The summed E-state index contributed by atoms with van der Waals surface area (Å²) in [5, 5.41) is 2.80. The molecule has 0 fully saturated rings. The number of hydrogen-bond acceptors (Lipinski definition) is 4. The molecule has 5 nitrogen and oxygen atoms in total. The van der Waals surface area contributed by atoms with Crippen molar-refractivity contribution in [3.8, 4) is 0 Å². The zero-order valence-corrected chi connectivity index (χ0v) is 12.6. The van der Waals surface area contributed by atoms with Crippen LogP contribution in [0, 0.1) is 6.92 Å². The van der Waals surface area contributed by atoms with E-state index in [9.17, 15) is 9.59 Å². The van der Waals surface area contributed by atoms with Crippen LogP contribution in [0.15, 0.2) is 42.6 Å². The Balaban J connectivity index is 1.92. The fourth-order valence-electron chi connectivity index (χ4n) is 2.08. The largest absolute Gasteiger partial charge is 0.465 e. The highest BCUT2D eigenvalue weighted by Crippen LogP contribution is 2.06. The van der Waals surface area contributed by atoms with E-state index in [1.54, 1.807) is 12.1 Å². The lowest BCUT2D eigenvalue weighted by atomic mass is 10.1. The van der Waals surface area contributed by atoms with E-state index in [0.717, 1.165) is 11.1 Å². The summed E-state index contributed by atoms with van der Waals surface area (Å²) in [6.45, 7) is 2.26. The average molecular weight is 298 g/mol. The first-order valence-electron chi connectivity index (χ1n) is 6.94. The molecule has 0 saturated heterocycles. The number of rotatable bonds is 5. The van der Waals surface area contributed by atoms with Crippen molar-refractivity contribution in [1.82, 2.24) is 10.3 Å². The molecule has 1 N–H and O–H groups in total. The van der Waals surface area contributed by atoms with Crippen molar-refractivity contribution in [2.75, 3.05) is 7.11 Å². The van der Waals surface area contributed by atoms with E-state index in [2.05, 4.69) is 15.0 Å². The summed E-state index contributed by atoms with van der Waals surface area (Å²) in [5.41, 5.74) is 3.12. The molecule has 0 aliphatic heterocycles. The van der Waals surface area contributed by atoms with Crippen LogP contribution in [0.4, 0.5) is 0 Å². The van der Waals surface area contributed by atoms with Crippen molar-refractivity contribution in [3.05, 3.63) is 65.0 Å². The molecule has 22 heavy (non-hydrogen) atoms. The molecule has 1 heterocycles. The molecule has 0 unspecified atom stereocenters. The van der Waals surface area contributed by atoms with Crippen LogP contribution in [-0.4, -0.2) is 24.0 Å². The van der Waals surface area contributed by atoms with Crippen LogP contribution in [0.25, 0.3) is 0 Å². The summed E-state index contributed by atoms with van der Waals surface area (Å²) >= 11 is 0. The number of aromatic nitrogens is 1. The predicted molar refractivity (Wildman–Crippen MR) is 82.3 cm³/mol. The Morgan fingerprint density at radius 1 is 1.23 bits per heavy atom. The van der Waals surface area contributed by atoms with Gasteiger partial charge < -0.3 is 10.1 Å². The molecular weight excluding hydrogens is 280 g/mol. The Labute approximate surface area is 129 Å². The highest BCUT2D eigenvalue weighted by atomic mass is 16.5. The maximum absolute atomic E-state index is 11.9. The Kier molecular flexibility index (Phi) is 5.25. The smallest absolute Gasteiger partial charge is 0.337 e. The van der Waals surface area contributed by atoms with Gasteiger partial charge >= 0.3 is 5.97 Å². The van der Waals surface area contributed by atoms with E-state index in [1.807, 2.05) is 31.2 Å². The van der Waals surface area contributed by atoms with Crippen molar-refractivity contribution >= 4 is 11.9 Å². The lowest BCUT2D eigenvalue weighted by Crippen LogP contribution is -2.25. The van der Waals surface area contributed by atoms with E-state index in [4.69, 9.17) is 0 Å². The quantitative estimate of drug-likeness (QED) is 0.858. The van der Waals surface area contributed by atoms with Crippen LogP contribution in [0.1, 0.15) is 27.2 Å². The molecule has 0 spiro atoms. The number of nitrogens with one attached hydrogen (secondary N) is 1. The number of hydrogen-bond donors (Lipinski definition) is 1. The van der Waals surface area contributed by atoms with Crippen molar-refractivity contribution < 1.29 is 14.3 Å². The molecule has 0 saturated carbocycles. The molecule has 0 aliphatic rings. The monoisotopic (exact) mass is 298 g/mol. The second-order valence-corrected chi connectivity index (χ2v) is 4.97. The first-order valence-corrected chi connectivity index (χ1v) is 6.94. The van der Waals surface area contributed by atoms with Gasteiger partial charge in [-0.3, -0.25) is 9.78 Å². The number of carbonyl (C=O) groups excluding carboxylic acids is 2. The van der Waals surface area contributed by atoms with Gasteiger partial charge in [0.05, 0.1) is 31.3 Å². The number of benzene rings is 1. The third-order valence-corrected chi connectivity index (χ3v) is 3.15. The molecule has 1 amide bonds. The zero-order chi connectivity index (χ0) is 15.9. The van der Waals surface area contributed by atoms with Gasteiger partial charge in [0.2, 0.25) is 5.91 Å². The SMILES string of the molecule is COC(=O)c1ccnc(CNC(=O)Cc2cccc(C)c2)c1. The minimum Gasteiger partial charge on any atom is -0.465 e. The highest BCUT2D eigenvalue weighted by molar-refractivity contribution is 5.89. The van der Waals surface area contributed by atoms with Crippen LogP contribution in [-0.2, 0) is 22.5 Å². The Hall–Kier alpha value is -2.69. The highest BCUT2D eigenvalue weighted by Gasteiger charge is 2.08. The molecule has 5 heteroatoms. The van der Waals surface area contributed by atoms with E-state index in [0.29, 0.717) is 17.7 Å². The van der Waals surface area contributed by atoms with E-state index >= 15 is 0 Å². The predicted octanol–water partition coefficient (Wildman–Crippen LogP) is 2.04. The molecule has 0 radical (unpaired) electrons. The Morgan fingerprint density at radius 3 is 2.77 bits per heavy atom. The van der Waals surface area contributed by atoms with Gasteiger partial charge in [-0.25, -0.2) is 4.79 Å². The summed E-state index contributed by atoms with van der Waals surface area (Å²) in [6, 6.07) is 11.0. The van der Waals surface area contributed by atoms with Crippen molar-refractivity contribution in [3.63, 3.8) is 0 Å². The summed E-state index contributed by atoms with van der Waals surface area (Å²) in [6.07, 6.45) is 1.84. The van der Waals surface area contributed by atoms with E-state index in [1.165, 1.54) is 13.3 Å². The van der Waals surface area contributed by atoms with Gasteiger partial charge in [-0.2, -0.15) is 0 Å². The normalized spacial score (nSPS) is 10.1. The van der Waals surface area contributed by atoms with Crippen molar-refractivity contribution in [1.29, 1.82) is 0 Å². The molecule has 0 atom stereocenters. The number of nitrogens with zero attached hydrogens (tertiary/aromatic N) is 1. The zero-order valence-electron chi connectivity index (χ0n) is 12.6. The van der Waals surface area contributed by atoms with Crippen LogP contribution < -0.4 is 5.32 Å². The molecule has 114 valence electrons. The molecular formula is C17H18N2O3.